The fourth-order valence-electron chi connectivity index (χ4n) is 2.15. The van der Waals surface area contributed by atoms with E-state index in [1.807, 2.05) is 60.7 Å². The molecule has 2 nitrogen and oxygen atoms in total. The maximum absolute atomic E-state index is 5.93. The third kappa shape index (κ3) is 4.35. The molecule has 3 rings (SSSR count). The van der Waals surface area contributed by atoms with Crippen molar-refractivity contribution in [2.24, 2.45) is 5.10 Å². The number of rotatable bonds is 4. The molecule has 114 valence electrons. The largest absolute Gasteiger partial charge is 0.279 e. The zero-order valence-corrected chi connectivity index (χ0v) is 13.7. The van der Waals surface area contributed by atoms with Gasteiger partial charge in [0, 0.05) is 10.0 Å². The van der Waals surface area contributed by atoms with Crippen LogP contribution in [0.1, 0.15) is 5.56 Å². The first-order valence-electron chi connectivity index (χ1n) is 7.11. The number of anilines is 1. The van der Waals surface area contributed by atoms with E-state index in [1.54, 1.807) is 6.21 Å². The molecule has 0 saturated carbocycles. The van der Waals surface area contributed by atoms with E-state index < -0.39 is 0 Å². The van der Waals surface area contributed by atoms with E-state index >= 15 is 0 Å². The Bertz CT molecular complexity index is 810. The summed E-state index contributed by atoms with van der Waals surface area (Å²) in [6.07, 6.45) is 1.79. The minimum Gasteiger partial charge on any atom is -0.279 e. The van der Waals surface area contributed by atoms with Crippen LogP contribution < -0.4 is 5.43 Å². The SMILES string of the molecule is Clc1ccc(N/N=C/c2cccc(-c3ccc(Cl)cc3)c2)cc1. The molecule has 0 radical (unpaired) electrons. The summed E-state index contributed by atoms with van der Waals surface area (Å²) in [5.74, 6) is 0. The zero-order chi connectivity index (χ0) is 16.1. The molecular formula is C19H14Cl2N2. The summed E-state index contributed by atoms with van der Waals surface area (Å²) in [6.45, 7) is 0. The van der Waals surface area contributed by atoms with Crippen LogP contribution >= 0.6 is 23.2 Å². The normalized spacial score (nSPS) is 10.9. The monoisotopic (exact) mass is 340 g/mol. The highest BCUT2D eigenvalue weighted by Crippen LogP contribution is 2.22. The molecule has 0 spiro atoms. The molecule has 4 heteroatoms. The number of hydrogen-bond donors (Lipinski definition) is 1. The summed E-state index contributed by atoms with van der Waals surface area (Å²) < 4.78 is 0. The van der Waals surface area contributed by atoms with E-state index in [4.69, 9.17) is 23.2 Å². The molecule has 3 aromatic rings. The van der Waals surface area contributed by atoms with Gasteiger partial charge in [0.05, 0.1) is 11.9 Å². The number of nitrogens with zero attached hydrogens (tertiary/aromatic N) is 1. The molecule has 0 amide bonds. The Labute approximate surface area is 145 Å². The summed E-state index contributed by atoms with van der Waals surface area (Å²) in [5, 5.41) is 5.69. The van der Waals surface area contributed by atoms with Gasteiger partial charge < -0.3 is 0 Å². The molecule has 0 aliphatic rings. The quantitative estimate of drug-likeness (QED) is 0.449. The highest BCUT2D eigenvalue weighted by Gasteiger charge is 1.98. The van der Waals surface area contributed by atoms with E-state index in [0.29, 0.717) is 5.02 Å². The summed E-state index contributed by atoms with van der Waals surface area (Å²) in [5.41, 5.74) is 7.12. The van der Waals surface area contributed by atoms with Crippen molar-refractivity contribution in [3.63, 3.8) is 0 Å². The van der Waals surface area contributed by atoms with Crippen LogP contribution in [0.4, 0.5) is 5.69 Å². The van der Waals surface area contributed by atoms with Crippen molar-refractivity contribution in [1.29, 1.82) is 0 Å². The van der Waals surface area contributed by atoms with Crippen molar-refractivity contribution in [2.75, 3.05) is 5.43 Å². The van der Waals surface area contributed by atoms with Crippen LogP contribution in [0, 0.1) is 0 Å². The second-order valence-corrected chi connectivity index (χ2v) is 5.88. The van der Waals surface area contributed by atoms with Gasteiger partial charge in [0.15, 0.2) is 0 Å². The van der Waals surface area contributed by atoms with Crippen molar-refractivity contribution in [3.8, 4) is 11.1 Å². The molecular weight excluding hydrogens is 327 g/mol. The lowest BCUT2D eigenvalue weighted by molar-refractivity contribution is 1.35. The Morgan fingerprint density at radius 3 is 2.09 bits per heavy atom. The van der Waals surface area contributed by atoms with Crippen molar-refractivity contribution in [3.05, 3.63) is 88.4 Å². The van der Waals surface area contributed by atoms with Crippen LogP contribution in [0.3, 0.4) is 0 Å². The third-order valence-electron chi connectivity index (χ3n) is 3.32. The van der Waals surface area contributed by atoms with Gasteiger partial charge in [0.2, 0.25) is 0 Å². The predicted octanol–water partition coefficient (Wildman–Crippen LogP) is 6.11. The Morgan fingerprint density at radius 1 is 0.739 bits per heavy atom. The molecule has 23 heavy (non-hydrogen) atoms. The second kappa shape index (κ2) is 7.32. The van der Waals surface area contributed by atoms with E-state index in [9.17, 15) is 0 Å². The number of halogens is 2. The smallest absolute Gasteiger partial charge is 0.0562 e. The summed E-state index contributed by atoms with van der Waals surface area (Å²) in [7, 11) is 0. The van der Waals surface area contributed by atoms with Gasteiger partial charge in [0.25, 0.3) is 0 Å². The van der Waals surface area contributed by atoms with Crippen LogP contribution in [0.5, 0.6) is 0 Å². The summed E-state index contributed by atoms with van der Waals surface area (Å²) in [6, 6.07) is 23.3. The summed E-state index contributed by atoms with van der Waals surface area (Å²) >= 11 is 11.8. The molecule has 0 heterocycles. The first kappa shape index (κ1) is 15.6. The fourth-order valence-corrected chi connectivity index (χ4v) is 2.40. The van der Waals surface area contributed by atoms with Crippen molar-refractivity contribution in [2.45, 2.75) is 0 Å². The average Bonchev–Trinajstić information content (AvgIpc) is 2.58. The number of benzene rings is 3. The van der Waals surface area contributed by atoms with Crippen LogP contribution in [-0.2, 0) is 0 Å². The van der Waals surface area contributed by atoms with Gasteiger partial charge in [-0.3, -0.25) is 5.43 Å². The molecule has 0 fully saturated rings. The van der Waals surface area contributed by atoms with Crippen molar-refractivity contribution in [1.82, 2.24) is 0 Å². The van der Waals surface area contributed by atoms with Crippen LogP contribution in [0.2, 0.25) is 10.0 Å². The molecule has 1 N–H and O–H groups in total. The van der Waals surface area contributed by atoms with E-state index in [2.05, 4.69) is 22.7 Å². The van der Waals surface area contributed by atoms with Gasteiger partial charge in [-0.2, -0.15) is 5.10 Å². The Hall–Kier alpha value is -2.29. The zero-order valence-electron chi connectivity index (χ0n) is 12.2. The second-order valence-electron chi connectivity index (χ2n) is 5.01. The highest BCUT2D eigenvalue weighted by atomic mass is 35.5. The molecule has 0 aliphatic carbocycles. The van der Waals surface area contributed by atoms with E-state index in [-0.39, 0.29) is 0 Å². The molecule has 0 aliphatic heterocycles. The minimum absolute atomic E-state index is 0.704. The first-order chi connectivity index (χ1) is 11.2. The van der Waals surface area contributed by atoms with Crippen molar-refractivity contribution < 1.29 is 0 Å². The molecule has 0 saturated heterocycles. The molecule has 0 aromatic heterocycles. The molecule has 0 atom stereocenters. The average molecular weight is 341 g/mol. The third-order valence-corrected chi connectivity index (χ3v) is 3.82. The number of hydrazone groups is 1. The van der Waals surface area contributed by atoms with Crippen LogP contribution in [-0.4, -0.2) is 6.21 Å². The predicted molar refractivity (Wildman–Crippen MR) is 99.6 cm³/mol. The maximum Gasteiger partial charge on any atom is 0.0562 e. The minimum atomic E-state index is 0.704. The maximum atomic E-state index is 5.93. The number of nitrogens with one attached hydrogen (secondary N) is 1. The van der Waals surface area contributed by atoms with Gasteiger partial charge in [0.1, 0.15) is 0 Å². The molecule has 0 bridgehead atoms. The Morgan fingerprint density at radius 2 is 1.39 bits per heavy atom. The molecule has 0 unspecified atom stereocenters. The lowest BCUT2D eigenvalue weighted by atomic mass is 10.0. The summed E-state index contributed by atoms with van der Waals surface area (Å²) in [4.78, 5) is 0. The van der Waals surface area contributed by atoms with Gasteiger partial charge in [-0.05, 0) is 59.2 Å². The van der Waals surface area contributed by atoms with Crippen LogP contribution in [0.25, 0.3) is 11.1 Å². The molecule has 3 aromatic carbocycles. The van der Waals surface area contributed by atoms with Gasteiger partial charge >= 0.3 is 0 Å². The lowest BCUT2D eigenvalue weighted by Gasteiger charge is -2.03. The first-order valence-corrected chi connectivity index (χ1v) is 7.87. The van der Waals surface area contributed by atoms with Crippen molar-refractivity contribution >= 4 is 35.1 Å². The van der Waals surface area contributed by atoms with Gasteiger partial charge in [-0.1, -0.05) is 53.5 Å². The van der Waals surface area contributed by atoms with E-state index in [1.165, 1.54) is 0 Å². The highest BCUT2D eigenvalue weighted by molar-refractivity contribution is 6.30. The Balaban J connectivity index is 1.73. The number of hydrogen-bond acceptors (Lipinski definition) is 2. The van der Waals surface area contributed by atoms with Gasteiger partial charge in [-0.25, -0.2) is 0 Å². The standard InChI is InChI=1S/C19H14Cl2N2/c20-17-6-4-15(5-7-17)16-3-1-2-14(12-16)13-22-23-19-10-8-18(21)9-11-19/h1-13,23H/b22-13+. The van der Waals surface area contributed by atoms with Gasteiger partial charge in [-0.15, -0.1) is 0 Å². The van der Waals surface area contributed by atoms with Crippen LogP contribution in [0.15, 0.2) is 77.9 Å². The lowest BCUT2D eigenvalue weighted by Crippen LogP contribution is -1.90. The topological polar surface area (TPSA) is 24.4 Å². The van der Waals surface area contributed by atoms with E-state index in [0.717, 1.165) is 27.4 Å². The fraction of sp³-hybridized carbons (Fsp3) is 0. The Kier molecular flexibility index (Phi) is 4.96.